The van der Waals surface area contributed by atoms with Crippen LogP contribution in [0.25, 0.3) is 0 Å². The summed E-state index contributed by atoms with van der Waals surface area (Å²) >= 11 is 0. The van der Waals surface area contributed by atoms with Crippen molar-refractivity contribution >= 4 is 11.8 Å². The minimum absolute atomic E-state index is 0.204. The summed E-state index contributed by atoms with van der Waals surface area (Å²) in [5.41, 5.74) is 6.89. The van der Waals surface area contributed by atoms with Crippen molar-refractivity contribution in [2.75, 3.05) is 19.6 Å². The fourth-order valence-electron chi connectivity index (χ4n) is 2.92. The molecule has 0 aliphatic carbocycles. The van der Waals surface area contributed by atoms with E-state index in [2.05, 4.69) is 9.88 Å². The molecule has 24 heavy (non-hydrogen) atoms. The number of aryl methyl sites for hydroxylation is 1. The molecular weight excluding hydrogens is 308 g/mol. The first-order valence-corrected chi connectivity index (χ1v) is 7.83. The van der Waals surface area contributed by atoms with Crippen LogP contribution in [-0.2, 0) is 11.3 Å². The first-order chi connectivity index (χ1) is 11.5. The second-order valence-electron chi connectivity index (χ2n) is 5.89. The minimum Gasteiger partial charge on any atom is -0.448 e. The molecule has 7 heteroatoms. The van der Waals surface area contributed by atoms with Gasteiger partial charge in [0.1, 0.15) is 12.3 Å². The average molecular weight is 328 g/mol. The van der Waals surface area contributed by atoms with Gasteiger partial charge in [0.2, 0.25) is 5.91 Å². The smallest absolute Gasteiger partial charge is 0.276 e. The average Bonchev–Trinajstić information content (AvgIpc) is 3.01. The number of primary amides is 1. The molecule has 2 heterocycles. The Morgan fingerprint density at radius 1 is 1.29 bits per heavy atom. The molecule has 1 atom stereocenters. The molecule has 1 fully saturated rings. The second-order valence-corrected chi connectivity index (χ2v) is 5.89. The molecule has 0 radical (unpaired) electrons. The van der Waals surface area contributed by atoms with Crippen LogP contribution in [0.15, 0.2) is 41.0 Å². The van der Waals surface area contributed by atoms with E-state index in [1.54, 1.807) is 6.92 Å². The quantitative estimate of drug-likeness (QED) is 0.896. The summed E-state index contributed by atoms with van der Waals surface area (Å²) in [7, 11) is 0. The number of hydrogen-bond donors (Lipinski definition) is 1. The standard InChI is InChI=1S/C17H20N4O3/c1-12-19-14(11-24-12)17(23)21-8-7-20(10-15(21)16(18)22)9-13-5-3-2-4-6-13/h2-6,11,15H,7-10H2,1H3,(H2,18,22)/t15-/m0/s1. The molecule has 2 aromatic rings. The zero-order valence-corrected chi connectivity index (χ0v) is 13.5. The van der Waals surface area contributed by atoms with Gasteiger partial charge < -0.3 is 15.1 Å². The molecule has 2 amide bonds. The van der Waals surface area contributed by atoms with Crippen LogP contribution in [0.4, 0.5) is 0 Å². The molecule has 126 valence electrons. The van der Waals surface area contributed by atoms with Crippen LogP contribution < -0.4 is 5.73 Å². The third-order valence-corrected chi connectivity index (χ3v) is 4.14. The van der Waals surface area contributed by atoms with Crippen molar-refractivity contribution < 1.29 is 14.0 Å². The van der Waals surface area contributed by atoms with Crippen molar-refractivity contribution in [3.63, 3.8) is 0 Å². The number of rotatable bonds is 4. The normalized spacial score (nSPS) is 18.5. The fourth-order valence-corrected chi connectivity index (χ4v) is 2.92. The summed E-state index contributed by atoms with van der Waals surface area (Å²) in [6.45, 7) is 3.88. The first-order valence-electron chi connectivity index (χ1n) is 7.83. The van der Waals surface area contributed by atoms with Crippen molar-refractivity contribution in [1.82, 2.24) is 14.8 Å². The summed E-state index contributed by atoms with van der Waals surface area (Å²) < 4.78 is 5.09. The molecule has 1 saturated heterocycles. The molecule has 1 aliphatic heterocycles. The van der Waals surface area contributed by atoms with Crippen LogP contribution in [0.2, 0.25) is 0 Å². The van der Waals surface area contributed by atoms with Gasteiger partial charge in [-0.05, 0) is 5.56 Å². The zero-order valence-electron chi connectivity index (χ0n) is 13.5. The van der Waals surface area contributed by atoms with Gasteiger partial charge in [0.05, 0.1) is 0 Å². The Hall–Kier alpha value is -2.67. The van der Waals surface area contributed by atoms with Gasteiger partial charge in [0, 0.05) is 33.1 Å². The number of nitrogens with zero attached hydrogens (tertiary/aromatic N) is 3. The molecule has 1 aliphatic rings. The molecule has 0 unspecified atom stereocenters. The maximum absolute atomic E-state index is 12.6. The summed E-state index contributed by atoms with van der Waals surface area (Å²) in [4.78, 5) is 32.1. The van der Waals surface area contributed by atoms with Crippen LogP contribution in [-0.4, -0.2) is 52.3 Å². The fraction of sp³-hybridized carbons (Fsp3) is 0.353. The van der Waals surface area contributed by atoms with E-state index in [1.807, 2.05) is 30.3 Å². The van der Waals surface area contributed by atoms with Crippen molar-refractivity contribution in [1.29, 1.82) is 0 Å². The number of oxazole rings is 1. The highest BCUT2D eigenvalue weighted by atomic mass is 16.3. The molecule has 0 bridgehead atoms. The van der Waals surface area contributed by atoms with E-state index in [4.69, 9.17) is 10.2 Å². The maximum Gasteiger partial charge on any atom is 0.276 e. The highest BCUT2D eigenvalue weighted by Gasteiger charge is 2.35. The highest BCUT2D eigenvalue weighted by Crippen LogP contribution is 2.16. The van der Waals surface area contributed by atoms with Crippen LogP contribution in [0, 0.1) is 6.92 Å². The van der Waals surface area contributed by atoms with Gasteiger partial charge in [0.25, 0.3) is 5.91 Å². The lowest BCUT2D eigenvalue weighted by Crippen LogP contribution is -2.59. The van der Waals surface area contributed by atoms with E-state index in [0.29, 0.717) is 25.5 Å². The van der Waals surface area contributed by atoms with Crippen LogP contribution in [0.1, 0.15) is 21.9 Å². The molecule has 1 aromatic carbocycles. The van der Waals surface area contributed by atoms with Crippen LogP contribution in [0.3, 0.4) is 0 Å². The third-order valence-electron chi connectivity index (χ3n) is 4.14. The summed E-state index contributed by atoms with van der Waals surface area (Å²) in [6, 6.07) is 9.32. The Balaban J connectivity index is 1.72. The van der Waals surface area contributed by atoms with Gasteiger partial charge in [-0.25, -0.2) is 4.98 Å². The van der Waals surface area contributed by atoms with Crippen molar-refractivity contribution in [3.05, 3.63) is 53.7 Å². The first kappa shape index (κ1) is 16.2. The van der Waals surface area contributed by atoms with E-state index in [-0.39, 0.29) is 11.6 Å². The molecule has 2 N–H and O–H groups in total. The summed E-state index contributed by atoms with van der Waals surface area (Å²) in [5, 5.41) is 0. The van der Waals surface area contributed by atoms with Gasteiger partial charge in [-0.15, -0.1) is 0 Å². The Kier molecular flexibility index (Phi) is 4.61. The van der Waals surface area contributed by atoms with Crippen molar-refractivity contribution in [2.24, 2.45) is 5.73 Å². The molecule has 0 spiro atoms. The number of aromatic nitrogens is 1. The number of hydrogen-bond acceptors (Lipinski definition) is 5. The monoisotopic (exact) mass is 328 g/mol. The largest absolute Gasteiger partial charge is 0.448 e. The molecule has 3 rings (SSSR count). The number of amides is 2. The maximum atomic E-state index is 12.6. The number of benzene rings is 1. The Bertz CT molecular complexity index is 728. The molecular formula is C17H20N4O3. The van der Waals surface area contributed by atoms with Crippen molar-refractivity contribution in [2.45, 2.75) is 19.5 Å². The molecule has 7 nitrogen and oxygen atoms in total. The predicted molar refractivity (Wildman–Crippen MR) is 87.0 cm³/mol. The van der Waals surface area contributed by atoms with E-state index in [1.165, 1.54) is 11.2 Å². The topological polar surface area (TPSA) is 92.7 Å². The minimum atomic E-state index is -0.674. The van der Waals surface area contributed by atoms with E-state index < -0.39 is 11.9 Å². The lowest BCUT2D eigenvalue weighted by atomic mass is 10.1. The number of carbonyl (C=O) groups is 2. The molecule has 1 aromatic heterocycles. The predicted octanol–water partition coefficient (Wildman–Crippen LogP) is 0.795. The highest BCUT2D eigenvalue weighted by molar-refractivity contribution is 5.95. The van der Waals surface area contributed by atoms with E-state index in [0.717, 1.165) is 12.1 Å². The Morgan fingerprint density at radius 3 is 2.67 bits per heavy atom. The Morgan fingerprint density at radius 2 is 2.04 bits per heavy atom. The van der Waals surface area contributed by atoms with Crippen LogP contribution >= 0.6 is 0 Å². The lowest BCUT2D eigenvalue weighted by Gasteiger charge is -2.39. The SMILES string of the molecule is Cc1nc(C(=O)N2CCN(Cc3ccccc3)C[C@H]2C(N)=O)co1. The van der Waals surface area contributed by atoms with Gasteiger partial charge in [-0.3, -0.25) is 14.5 Å². The van der Waals surface area contributed by atoms with Crippen molar-refractivity contribution in [3.8, 4) is 0 Å². The molecule has 0 saturated carbocycles. The summed E-state index contributed by atoms with van der Waals surface area (Å²) in [6.07, 6.45) is 1.31. The van der Waals surface area contributed by atoms with Gasteiger partial charge >= 0.3 is 0 Å². The zero-order chi connectivity index (χ0) is 17.1. The number of piperazine rings is 1. The summed E-state index contributed by atoms with van der Waals surface area (Å²) in [5.74, 6) is -0.423. The van der Waals surface area contributed by atoms with Crippen LogP contribution in [0.5, 0.6) is 0 Å². The van der Waals surface area contributed by atoms with E-state index >= 15 is 0 Å². The number of carbonyl (C=O) groups excluding carboxylic acids is 2. The number of nitrogens with two attached hydrogens (primary N) is 1. The Labute approximate surface area is 140 Å². The van der Waals surface area contributed by atoms with Gasteiger partial charge in [-0.1, -0.05) is 30.3 Å². The van der Waals surface area contributed by atoms with Gasteiger partial charge in [0.15, 0.2) is 11.6 Å². The van der Waals surface area contributed by atoms with E-state index in [9.17, 15) is 9.59 Å². The third kappa shape index (κ3) is 3.46. The lowest BCUT2D eigenvalue weighted by molar-refractivity contribution is -0.124. The van der Waals surface area contributed by atoms with Gasteiger partial charge in [-0.2, -0.15) is 0 Å². The second kappa shape index (κ2) is 6.84.